The van der Waals surface area contributed by atoms with Crippen molar-refractivity contribution in [2.75, 3.05) is 13.1 Å². The summed E-state index contributed by atoms with van der Waals surface area (Å²) in [5, 5.41) is 3.61. The zero-order valence-electron chi connectivity index (χ0n) is 13.1. The summed E-state index contributed by atoms with van der Waals surface area (Å²) in [6, 6.07) is 0.164. The van der Waals surface area contributed by atoms with E-state index in [2.05, 4.69) is 15.3 Å². The van der Waals surface area contributed by atoms with Crippen LogP contribution in [0.2, 0.25) is 0 Å². The molecular formula is C14H26N4O2S. The SMILES string of the molecule is CCc1ncc(S(=O)(=O)N(CC2CCCCN2)C(C)C)[nH]1. The third-order valence-electron chi connectivity index (χ3n) is 3.92. The first-order chi connectivity index (χ1) is 9.95. The molecule has 0 bridgehead atoms. The van der Waals surface area contributed by atoms with Crippen LogP contribution < -0.4 is 5.32 Å². The van der Waals surface area contributed by atoms with E-state index in [9.17, 15) is 8.42 Å². The van der Waals surface area contributed by atoms with Crippen molar-refractivity contribution in [3.63, 3.8) is 0 Å². The lowest BCUT2D eigenvalue weighted by atomic mass is 10.1. The molecule has 0 amide bonds. The van der Waals surface area contributed by atoms with Gasteiger partial charge in [0.15, 0.2) is 5.03 Å². The molecule has 1 atom stereocenters. The van der Waals surface area contributed by atoms with Crippen molar-refractivity contribution in [1.29, 1.82) is 0 Å². The molecule has 21 heavy (non-hydrogen) atoms. The second-order valence-corrected chi connectivity index (χ2v) is 7.72. The number of H-pyrrole nitrogens is 1. The number of sulfonamides is 1. The fraction of sp³-hybridized carbons (Fsp3) is 0.786. The molecule has 2 rings (SSSR count). The van der Waals surface area contributed by atoms with Gasteiger partial charge in [-0.1, -0.05) is 13.3 Å². The summed E-state index contributed by atoms with van der Waals surface area (Å²) in [7, 11) is -3.51. The highest BCUT2D eigenvalue weighted by Crippen LogP contribution is 2.19. The lowest BCUT2D eigenvalue weighted by Gasteiger charge is -2.31. The maximum Gasteiger partial charge on any atom is 0.260 e. The summed E-state index contributed by atoms with van der Waals surface area (Å²) >= 11 is 0. The molecule has 6 nitrogen and oxygen atoms in total. The van der Waals surface area contributed by atoms with Gasteiger partial charge in [-0.25, -0.2) is 13.4 Å². The molecule has 1 aromatic rings. The highest BCUT2D eigenvalue weighted by Gasteiger charge is 2.31. The van der Waals surface area contributed by atoms with Crippen LogP contribution in [0, 0.1) is 0 Å². The molecule has 0 radical (unpaired) electrons. The first kappa shape index (κ1) is 16.5. The Hall–Kier alpha value is -0.920. The molecule has 1 unspecified atom stereocenters. The van der Waals surface area contributed by atoms with E-state index in [0.717, 1.165) is 19.4 Å². The van der Waals surface area contributed by atoms with Gasteiger partial charge in [0.2, 0.25) is 0 Å². The molecule has 0 aliphatic carbocycles. The molecule has 120 valence electrons. The van der Waals surface area contributed by atoms with E-state index in [-0.39, 0.29) is 17.1 Å². The fourth-order valence-electron chi connectivity index (χ4n) is 2.66. The van der Waals surface area contributed by atoms with Crippen molar-refractivity contribution < 1.29 is 8.42 Å². The summed E-state index contributed by atoms with van der Waals surface area (Å²) in [6.45, 7) is 7.26. The van der Waals surface area contributed by atoms with Crippen molar-refractivity contribution in [3.8, 4) is 0 Å². The third kappa shape index (κ3) is 3.84. The molecule has 1 aromatic heterocycles. The number of hydrogen-bond acceptors (Lipinski definition) is 4. The van der Waals surface area contributed by atoms with Gasteiger partial charge in [0, 0.05) is 25.0 Å². The number of nitrogens with one attached hydrogen (secondary N) is 2. The molecular weight excluding hydrogens is 288 g/mol. The van der Waals surface area contributed by atoms with E-state index in [1.54, 1.807) is 4.31 Å². The predicted octanol–water partition coefficient (Wildman–Crippen LogP) is 1.51. The van der Waals surface area contributed by atoms with E-state index >= 15 is 0 Å². The van der Waals surface area contributed by atoms with Crippen LogP contribution in [0.3, 0.4) is 0 Å². The van der Waals surface area contributed by atoms with Gasteiger partial charge in [-0.15, -0.1) is 0 Å². The van der Waals surface area contributed by atoms with Crippen LogP contribution in [-0.2, 0) is 16.4 Å². The van der Waals surface area contributed by atoms with Crippen LogP contribution >= 0.6 is 0 Å². The van der Waals surface area contributed by atoms with E-state index in [1.807, 2.05) is 20.8 Å². The first-order valence-corrected chi connectivity index (χ1v) is 9.18. The smallest absolute Gasteiger partial charge is 0.260 e. The number of aryl methyl sites for hydroxylation is 1. The van der Waals surface area contributed by atoms with Crippen LogP contribution in [0.25, 0.3) is 0 Å². The van der Waals surface area contributed by atoms with Crippen molar-refractivity contribution in [1.82, 2.24) is 19.6 Å². The van der Waals surface area contributed by atoms with E-state index in [1.165, 1.54) is 12.6 Å². The Balaban J connectivity index is 2.19. The Bertz CT molecular complexity index is 547. The minimum atomic E-state index is -3.51. The minimum absolute atomic E-state index is 0.0768. The maximum atomic E-state index is 12.8. The molecule has 0 aromatic carbocycles. The average molecular weight is 314 g/mol. The Morgan fingerprint density at radius 3 is 2.71 bits per heavy atom. The maximum absolute atomic E-state index is 12.8. The van der Waals surface area contributed by atoms with Crippen molar-refractivity contribution in [2.45, 2.75) is 63.6 Å². The zero-order valence-corrected chi connectivity index (χ0v) is 13.9. The Kier molecular flexibility index (Phi) is 5.40. The monoisotopic (exact) mass is 314 g/mol. The summed E-state index contributed by atoms with van der Waals surface area (Å²) in [5.74, 6) is 0.702. The van der Waals surface area contributed by atoms with Gasteiger partial charge >= 0.3 is 0 Å². The minimum Gasteiger partial charge on any atom is -0.332 e. The molecule has 1 saturated heterocycles. The summed E-state index contributed by atoms with van der Waals surface area (Å²) in [5.41, 5.74) is 0. The van der Waals surface area contributed by atoms with Crippen molar-refractivity contribution in [2.24, 2.45) is 0 Å². The number of aromatic amines is 1. The van der Waals surface area contributed by atoms with E-state index in [4.69, 9.17) is 0 Å². The molecule has 2 heterocycles. The average Bonchev–Trinajstić information content (AvgIpc) is 2.95. The largest absolute Gasteiger partial charge is 0.332 e. The molecule has 7 heteroatoms. The molecule has 0 saturated carbocycles. The highest BCUT2D eigenvalue weighted by atomic mass is 32.2. The van der Waals surface area contributed by atoms with Crippen LogP contribution in [0.5, 0.6) is 0 Å². The number of hydrogen-bond donors (Lipinski definition) is 2. The summed E-state index contributed by atoms with van der Waals surface area (Å²) in [4.78, 5) is 7.03. The summed E-state index contributed by atoms with van der Waals surface area (Å²) < 4.78 is 27.2. The second kappa shape index (κ2) is 6.89. The van der Waals surface area contributed by atoms with E-state index < -0.39 is 10.0 Å². The van der Waals surface area contributed by atoms with Gasteiger partial charge in [-0.2, -0.15) is 4.31 Å². The van der Waals surface area contributed by atoms with Gasteiger partial charge in [-0.05, 0) is 33.2 Å². The number of imidazole rings is 1. The Morgan fingerprint density at radius 1 is 1.43 bits per heavy atom. The quantitative estimate of drug-likeness (QED) is 0.834. The second-order valence-electron chi connectivity index (χ2n) is 5.86. The number of nitrogens with zero attached hydrogens (tertiary/aromatic N) is 2. The fourth-order valence-corrected chi connectivity index (χ4v) is 4.28. The molecule has 1 aliphatic rings. The van der Waals surface area contributed by atoms with Gasteiger partial charge in [-0.3, -0.25) is 0 Å². The Labute approximate surface area is 127 Å². The molecule has 2 N–H and O–H groups in total. The highest BCUT2D eigenvalue weighted by molar-refractivity contribution is 7.89. The van der Waals surface area contributed by atoms with E-state index in [0.29, 0.717) is 18.8 Å². The summed E-state index contributed by atoms with van der Waals surface area (Å²) in [6.07, 6.45) is 5.49. The first-order valence-electron chi connectivity index (χ1n) is 7.74. The van der Waals surface area contributed by atoms with Crippen molar-refractivity contribution >= 4 is 10.0 Å². The predicted molar refractivity (Wildman–Crippen MR) is 82.6 cm³/mol. The zero-order chi connectivity index (χ0) is 15.5. The normalized spacial score (nSPS) is 20.3. The van der Waals surface area contributed by atoms with Gasteiger partial charge in [0.25, 0.3) is 10.0 Å². The number of rotatable bonds is 6. The Morgan fingerprint density at radius 2 is 2.19 bits per heavy atom. The molecule has 0 spiro atoms. The van der Waals surface area contributed by atoms with Gasteiger partial charge < -0.3 is 10.3 Å². The molecule has 1 aliphatic heterocycles. The van der Waals surface area contributed by atoms with Crippen LogP contribution in [0.1, 0.15) is 45.9 Å². The number of piperidine rings is 1. The topological polar surface area (TPSA) is 78.1 Å². The third-order valence-corrected chi connectivity index (χ3v) is 5.87. The lowest BCUT2D eigenvalue weighted by Crippen LogP contribution is -2.48. The van der Waals surface area contributed by atoms with Gasteiger partial charge in [0.1, 0.15) is 5.82 Å². The number of aromatic nitrogens is 2. The lowest BCUT2D eigenvalue weighted by molar-refractivity contribution is 0.282. The standard InChI is InChI=1S/C14H26N4O2S/c1-4-13-16-9-14(17-13)21(19,20)18(11(2)3)10-12-7-5-6-8-15-12/h9,11-12,15H,4-8,10H2,1-3H3,(H,16,17). The van der Waals surface area contributed by atoms with Gasteiger partial charge in [0.05, 0.1) is 6.20 Å². The molecule has 1 fully saturated rings. The van der Waals surface area contributed by atoms with Crippen LogP contribution in [0.15, 0.2) is 11.2 Å². The van der Waals surface area contributed by atoms with Crippen LogP contribution in [0.4, 0.5) is 0 Å². The van der Waals surface area contributed by atoms with Crippen LogP contribution in [-0.4, -0.2) is 47.9 Å². The van der Waals surface area contributed by atoms with Crippen molar-refractivity contribution in [3.05, 3.63) is 12.0 Å².